The number of fused-ring (bicyclic) bond motifs is 2. The van der Waals surface area contributed by atoms with Gasteiger partial charge in [0.1, 0.15) is 5.60 Å². The third-order valence-corrected chi connectivity index (χ3v) is 6.58. The number of piperidine rings is 1. The Morgan fingerprint density at radius 1 is 1.33 bits per heavy atom. The summed E-state index contributed by atoms with van der Waals surface area (Å²) in [6.07, 6.45) is 3.07. The molecule has 1 saturated heterocycles. The molecule has 7 nitrogen and oxygen atoms in total. The summed E-state index contributed by atoms with van der Waals surface area (Å²) in [4.78, 5) is 28.3. The van der Waals surface area contributed by atoms with E-state index in [1.54, 1.807) is 0 Å². The number of hydrogen-bond acceptors (Lipinski definition) is 6. The zero-order valence-electron chi connectivity index (χ0n) is 15.9. The number of likely N-dealkylation sites (tertiary alicyclic amines) is 1. The van der Waals surface area contributed by atoms with Gasteiger partial charge >= 0.3 is 0 Å². The third kappa shape index (κ3) is 4.68. The van der Waals surface area contributed by atoms with Gasteiger partial charge in [-0.1, -0.05) is 0 Å². The molecule has 3 rings (SSSR count). The van der Waals surface area contributed by atoms with E-state index < -0.39 is 0 Å². The van der Waals surface area contributed by atoms with Crippen LogP contribution in [-0.2, 0) is 21.6 Å². The maximum atomic E-state index is 12.4. The first-order valence-corrected chi connectivity index (χ1v) is 10.5. The van der Waals surface area contributed by atoms with Crippen molar-refractivity contribution in [2.75, 3.05) is 45.9 Å². The Hall–Kier alpha value is -1.48. The molecule has 8 heteroatoms. The van der Waals surface area contributed by atoms with Crippen molar-refractivity contribution in [1.29, 1.82) is 0 Å². The van der Waals surface area contributed by atoms with Gasteiger partial charge in [-0.3, -0.25) is 14.5 Å². The van der Waals surface area contributed by atoms with Gasteiger partial charge in [0.25, 0.3) is 5.91 Å². The van der Waals surface area contributed by atoms with Crippen molar-refractivity contribution in [3.63, 3.8) is 0 Å². The number of carbonyl (C=O) groups is 2. The molecule has 1 spiro atoms. The van der Waals surface area contributed by atoms with Crippen LogP contribution in [0.4, 0.5) is 0 Å². The number of thiophene rings is 1. The van der Waals surface area contributed by atoms with Crippen molar-refractivity contribution < 1.29 is 19.4 Å². The molecule has 2 aliphatic rings. The highest BCUT2D eigenvalue weighted by Gasteiger charge is 2.42. The number of likely N-dealkylation sites (N-methyl/N-ethyl adjacent to an activating group) is 1. The smallest absolute Gasteiger partial charge is 0.261 e. The van der Waals surface area contributed by atoms with Crippen molar-refractivity contribution >= 4 is 23.2 Å². The lowest BCUT2D eigenvalue weighted by atomic mass is 9.85. The van der Waals surface area contributed by atoms with Gasteiger partial charge in [-0.25, -0.2) is 0 Å². The van der Waals surface area contributed by atoms with Gasteiger partial charge in [0.2, 0.25) is 5.91 Å². The summed E-state index contributed by atoms with van der Waals surface area (Å²) in [6, 6.07) is 2.00. The van der Waals surface area contributed by atoms with Gasteiger partial charge in [0, 0.05) is 37.7 Å². The van der Waals surface area contributed by atoms with Crippen molar-refractivity contribution in [2.45, 2.75) is 38.2 Å². The fourth-order valence-electron chi connectivity index (χ4n) is 3.80. The molecule has 0 unspecified atom stereocenters. The second-order valence-corrected chi connectivity index (χ2v) is 8.17. The Bertz CT molecular complexity index is 668. The minimum absolute atomic E-state index is 0.0664. The SMILES string of the molecule is CCNC(=O)CN1CCC2(CC1)OCCc1cc(C(=O)NCCCO)sc12. The monoisotopic (exact) mass is 395 g/mol. The largest absolute Gasteiger partial charge is 0.396 e. The van der Waals surface area contributed by atoms with Gasteiger partial charge in [-0.15, -0.1) is 11.3 Å². The lowest BCUT2D eigenvalue weighted by Gasteiger charge is -2.43. The predicted molar refractivity (Wildman–Crippen MR) is 104 cm³/mol. The minimum Gasteiger partial charge on any atom is -0.396 e. The van der Waals surface area contributed by atoms with E-state index in [0.717, 1.165) is 32.4 Å². The Kier molecular flexibility index (Phi) is 6.86. The molecule has 1 aromatic heterocycles. The van der Waals surface area contributed by atoms with Gasteiger partial charge < -0.3 is 20.5 Å². The van der Waals surface area contributed by atoms with Crippen LogP contribution < -0.4 is 10.6 Å². The number of nitrogens with zero attached hydrogens (tertiary/aromatic N) is 1. The molecule has 150 valence electrons. The molecule has 1 aromatic rings. The van der Waals surface area contributed by atoms with E-state index in [0.29, 0.717) is 37.5 Å². The first kappa shape index (κ1) is 20.3. The highest BCUT2D eigenvalue weighted by atomic mass is 32.1. The van der Waals surface area contributed by atoms with Crippen molar-refractivity contribution in [1.82, 2.24) is 15.5 Å². The fraction of sp³-hybridized carbons (Fsp3) is 0.684. The number of aliphatic hydroxyl groups is 1. The molecule has 0 radical (unpaired) electrons. The fourth-order valence-corrected chi connectivity index (χ4v) is 5.13. The molecule has 0 bridgehead atoms. The summed E-state index contributed by atoms with van der Waals surface area (Å²) >= 11 is 1.53. The molecular formula is C19H29N3O4S. The minimum atomic E-state index is -0.320. The van der Waals surface area contributed by atoms with E-state index >= 15 is 0 Å². The molecule has 0 saturated carbocycles. The third-order valence-electron chi connectivity index (χ3n) is 5.22. The summed E-state index contributed by atoms with van der Waals surface area (Å²) in [7, 11) is 0. The zero-order chi connectivity index (χ0) is 19.3. The highest BCUT2D eigenvalue weighted by Crippen LogP contribution is 2.45. The normalized spacial score (nSPS) is 18.9. The maximum absolute atomic E-state index is 12.4. The second-order valence-electron chi connectivity index (χ2n) is 7.12. The Balaban J connectivity index is 1.66. The molecule has 0 aromatic carbocycles. The number of ether oxygens (including phenoxy) is 1. The van der Waals surface area contributed by atoms with Crippen LogP contribution >= 0.6 is 11.3 Å². The van der Waals surface area contributed by atoms with Crippen LogP contribution in [0.15, 0.2) is 6.07 Å². The van der Waals surface area contributed by atoms with Crippen LogP contribution in [0.5, 0.6) is 0 Å². The second kappa shape index (κ2) is 9.14. The van der Waals surface area contributed by atoms with E-state index in [1.165, 1.54) is 21.8 Å². The summed E-state index contributed by atoms with van der Waals surface area (Å²) in [5, 5.41) is 14.6. The van der Waals surface area contributed by atoms with Crippen molar-refractivity contribution in [3.05, 3.63) is 21.4 Å². The van der Waals surface area contributed by atoms with E-state index in [2.05, 4.69) is 15.5 Å². The summed E-state index contributed by atoms with van der Waals surface area (Å²) in [5.41, 5.74) is 0.898. The van der Waals surface area contributed by atoms with Crippen molar-refractivity contribution in [2.24, 2.45) is 0 Å². The lowest BCUT2D eigenvalue weighted by Crippen LogP contribution is -2.48. The Morgan fingerprint density at radius 2 is 2.11 bits per heavy atom. The molecule has 2 aliphatic heterocycles. The van der Waals surface area contributed by atoms with E-state index in [-0.39, 0.29) is 24.0 Å². The van der Waals surface area contributed by atoms with E-state index in [1.807, 2.05) is 13.0 Å². The standard InChI is InChI=1S/C19H29N3O4S/c1-2-20-16(24)13-22-8-5-19(6-9-22)17-14(4-11-26-19)12-15(27-17)18(25)21-7-3-10-23/h12,23H,2-11,13H2,1H3,(H,20,24)(H,21,25). The van der Waals surface area contributed by atoms with Gasteiger partial charge in [-0.05, 0) is 44.2 Å². The molecule has 0 aliphatic carbocycles. The summed E-state index contributed by atoms with van der Waals surface area (Å²) < 4.78 is 6.24. The highest BCUT2D eigenvalue weighted by molar-refractivity contribution is 7.14. The quantitative estimate of drug-likeness (QED) is 0.596. The number of hydrogen-bond donors (Lipinski definition) is 3. The first-order chi connectivity index (χ1) is 13.1. The number of nitrogens with one attached hydrogen (secondary N) is 2. The molecule has 1 fully saturated rings. The molecule has 27 heavy (non-hydrogen) atoms. The average molecular weight is 396 g/mol. The zero-order valence-corrected chi connectivity index (χ0v) is 16.7. The van der Waals surface area contributed by atoms with Gasteiger partial charge in [0.15, 0.2) is 0 Å². The maximum Gasteiger partial charge on any atom is 0.261 e. The van der Waals surface area contributed by atoms with E-state index in [9.17, 15) is 9.59 Å². The van der Waals surface area contributed by atoms with Crippen LogP contribution in [0, 0.1) is 0 Å². The predicted octanol–water partition coefficient (Wildman–Crippen LogP) is 0.860. The average Bonchev–Trinajstić information content (AvgIpc) is 3.10. The topological polar surface area (TPSA) is 90.9 Å². The van der Waals surface area contributed by atoms with Crippen LogP contribution in [0.3, 0.4) is 0 Å². The van der Waals surface area contributed by atoms with Crippen LogP contribution in [0.2, 0.25) is 0 Å². The number of rotatable bonds is 7. The first-order valence-electron chi connectivity index (χ1n) is 9.73. The Labute approximate surface area is 164 Å². The van der Waals surface area contributed by atoms with Gasteiger partial charge in [-0.2, -0.15) is 0 Å². The van der Waals surface area contributed by atoms with E-state index in [4.69, 9.17) is 9.84 Å². The van der Waals surface area contributed by atoms with Gasteiger partial charge in [0.05, 0.1) is 18.0 Å². The molecular weight excluding hydrogens is 366 g/mol. The number of amides is 2. The Morgan fingerprint density at radius 3 is 2.81 bits per heavy atom. The molecule has 2 amide bonds. The molecule has 3 N–H and O–H groups in total. The van der Waals surface area contributed by atoms with Crippen LogP contribution in [-0.4, -0.2) is 67.8 Å². The summed E-state index contributed by atoms with van der Waals surface area (Å²) in [6.45, 7) is 5.86. The molecule has 3 heterocycles. The van der Waals surface area contributed by atoms with Crippen LogP contribution in [0.25, 0.3) is 0 Å². The summed E-state index contributed by atoms with van der Waals surface area (Å²) in [5.74, 6) is -0.0108. The molecule has 0 atom stereocenters. The van der Waals surface area contributed by atoms with Crippen LogP contribution in [0.1, 0.15) is 46.3 Å². The lowest BCUT2D eigenvalue weighted by molar-refractivity contribution is -0.125. The number of aliphatic hydroxyl groups excluding tert-OH is 1. The number of carbonyl (C=O) groups excluding carboxylic acids is 2. The van der Waals surface area contributed by atoms with Crippen molar-refractivity contribution in [3.8, 4) is 0 Å².